The van der Waals surface area contributed by atoms with E-state index in [1.54, 1.807) is 6.20 Å². The van der Waals surface area contributed by atoms with Crippen molar-refractivity contribution in [2.24, 2.45) is 5.92 Å². The van der Waals surface area contributed by atoms with E-state index in [0.29, 0.717) is 24.6 Å². The zero-order valence-electron chi connectivity index (χ0n) is 13.1. The molecule has 0 bridgehead atoms. The molecule has 0 spiro atoms. The smallest absolute Gasteiger partial charge is 0.231 e. The van der Waals surface area contributed by atoms with Crippen molar-refractivity contribution in [1.82, 2.24) is 15.5 Å². The van der Waals surface area contributed by atoms with Gasteiger partial charge in [-0.05, 0) is 37.1 Å². The summed E-state index contributed by atoms with van der Waals surface area (Å²) in [5, 5.41) is 10.5. The number of rotatable bonds is 5. The van der Waals surface area contributed by atoms with Crippen LogP contribution >= 0.6 is 0 Å². The first-order chi connectivity index (χ1) is 11.6. The first kappa shape index (κ1) is 15.5. The van der Waals surface area contributed by atoms with Crippen molar-refractivity contribution < 1.29 is 17.9 Å². The van der Waals surface area contributed by atoms with E-state index >= 15 is 0 Å². The van der Waals surface area contributed by atoms with Crippen molar-refractivity contribution in [3.8, 4) is 22.8 Å². The van der Waals surface area contributed by atoms with Gasteiger partial charge in [0.15, 0.2) is 21.3 Å². The van der Waals surface area contributed by atoms with Crippen LogP contribution in [0.2, 0.25) is 0 Å². The molecule has 7 nitrogen and oxygen atoms in total. The lowest BCUT2D eigenvalue weighted by atomic mass is 10.1. The number of nitrogens with one attached hydrogen (secondary N) is 2. The van der Waals surface area contributed by atoms with Crippen LogP contribution in [0.15, 0.2) is 24.4 Å². The summed E-state index contributed by atoms with van der Waals surface area (Å²) in [5.74, 6) is 2.29. The van der Waals surface area contributed by atoms with E-state index in [2.05, 4.69) is 15.5 Å². The fourth-order valence-corrected chi connectivity index (χ4v) is 5.05. The number of sulfone groups is 1. The lowest BCUT2D eigenvalue weighted by Crippen LogP contribution is -2.23. The Morgan fingerprint density at radius 2 is 2.17 bits per heavy atom. The van der Waals surface area contributed by atoms with Crippen molar-refractivity contribution >= 4 is 9.84 Å². The quantitative estimate of drug-likeness (QED) is 0.846. The van der Waals surface area contributed by atoms with Gasteiger partial charge in [-0.15, -0.1) is 0 Å². The Morgan fingerprint density at radius 3 is 3.00 bits per heavy atom. The van der Waals surface area contributed by atoms with Gasteiger partial charge < -0.3 is 14.8 Å². The summed E-state index contributed by atoms with van der Waals surface area (Å²) < 4.78 is 33.7. The minimum Gasteiger partial charge on any atom is -0.454 e. The van der Waals surface area contributed by atoms with Crippen molar-refractivity contribution in [3.05, 3.63) is 30.0 Å². The van der Waals surface area contributed by atoms with Gasteiger partial charge in [-0.25, -0.2) is 8.42 Å². The number of aromatic nitrogens is 2. The van der Waals surface area contributed by atoms with Crippen molar-refractivity contribution in [2.45, 2.75) is 13.0 Å². The van der Waals surface area contributed by atoms with E-state index in [-0.39, 0.29) is 12.7 Å². The van der Waals surface area contributed by atoms with Gasteiger partial charge in [0, 0.05) is 17.7 Å². The third kappa shape index (κ3) is 3.11. The molecule has 1 saturated heterocycles. The fourth-order valence-electron chi connectivity index (χ4n) is 3.19. The maximum Gasteiger partial charge on any atom is 0.231 e. The van der Waals surface area contributed by atoms with Gasteiger partial charge >= 0.3 is 0 Å². The van der Waals surface area contributed by atoms with Gasteiger partial charge in [0.25, 0.3) is 0 Å². The Kier molecular flexibility index (Phi) is 3.93. The topological polar surface area (TPSA) is 93.3 Å². The van der Waals surface area contributed by atoms with E-state index in [0.717, 1.165) is 34.7 Å². The zero-order valence-corrected chi connectivity index (χ0v) is 13.9. The summed E-state index contributed by atoms with van der Waals surface area (Å²) in [5.41, 5.74) is 2.95. The Labute approximate surface area is 140 Å². The number of H-pyrrole nitrogens is 1. The van der Waals surface area contributed by atoms with E-state index in [1.165, 1.54) is 0 Å². The molecule has 128 valence electrons. The van der Waals surface area contributed by atoms with Crippen LogP contribution in [-0.2, 0) is 16.4 Å². The molecule has 0 aliphatic carbocycles. The van der Waals surface area contributed by atoms with Crippen molar-refractivity contribution in [2.75, 3.05) is 24.8 Å². The lowest BCUT2D eigenvalue weighted by molar-refractivity contribution is 0.174. The van der Waals surface area contributed by atoms with Crippen LogP contribution in [0.25, 0.3) is 11.3 Å². The van der Waals surface area contributed by atoms with Gasteiger partial charge in [0.1, 0.15) is 0 Å². The highest BCUT2D eigenvalue weighted by atomic mass is 32.2. The molecule has 0 saturated carbocycles. The molecule has 1 unspecified atom stereocenters. The van der Waals surface area contributed by atoms with Gasteiger partial charge in [-0.3, -0.25) is 5.10 Å². The van der Waals surface area contributed by atoms with Gasteiger partial charge in [0.05, 0.1) is 23.4 Å². The van der Waals surface area contributed by atoms with Gasteiger partial charge in [-0.2, -0.15) is 5.10 Å². The minimum atomic E-state index is -2.82. The standard InChI is InChI=1S/C16H19N3O4S/c20-24(21)4-3-11(9-24)6-17-7-13-8-18-19-16(13)12-1-2-14-15(5-12)23-10-22-14/h1-2,5,8,11,17H,3-4,6-7,9-10H2,(H,18,19). The number of ether oxygens (including phenoxy) is 2. The molecule has 2 aromatic rings. The Morgan fingerprint density at radius 1 is 1.29 bits per heavy atom. The molecule has 2 aliphatic heterocycles. The maximum atomic E-state index is 11.5. The molecule has 8 heteroatoms. The molecule has 1 fully saturated rings. The average molecular weight is 349 g/mol. The average Bonchev–Trinajstić information content (AvgIpc) is 3.26. The highest BCUT2D eigenvalue weighted by Gasteiger charge is 2.27. The molecular formula is C16H19N3O4S. The molecule has 3 heterocycles. The first-order valence-electron chi connectivity index (χ1n) is 7.94. The highest BCUT2D eigenvalue weighted by molar-refractivity contribution is 7.91. The number of nitrogens with zero attached hydrogens (tertiary/aromatic N) is 1. The summed E-state index contributed by atoms with van der Waals surface area (Å²) in [6.45, 7) is 1.59. The number of benzene rings is 1. The first-order valence-corrected chi connectivity index (χ1v) is 9.76. The molecule has 2 aliphatic rings. The van der Waals surface area contributed by atoms with E-state index in [9.17, 15) is 8.42 Å². The molecule has 1 aromatic carbocycles. The van der Waals surface area contributed by atoms with Gasteiger partial charge in [-0.1, -0.05) is 0 Å². The third-order valence-corrected chi connectivity index (χ3v) is 6.29. The summed E-state index contributed by atoms with van der Waals surface area (Å²) in [4.78, 5) is 0. The highest BCUT2D eigenvalue weighted by Crippen LogP contribution is 2.36. The van der Waals surface area contributed by atoms with Crippen molar-refractivity contribution in [1.29, 1.82) is 0 Å². The summed E-state index contributed by atoms with van der Waals surface area (Å²) in [6.07, 6.45) is 2.54. The Bertz CT molecular complexity index is 847. The van der Waals surface area contributed by atoms with Crippen LogP contribution in [0.3, 0.4) is 0 Å². The Balaban J connectivity index is 1.42. The molecule has 4 rings (SSSR count). The molecule has 0 radical (unpaired) electrons. The van der Waals surface area contributed by atoms with Crippen LogP contribution in [0.5, 0.6) is 11.5 Å². The number of hydrogen-bond acceptors (Lipinski definition) is 6. The molecule has 1 atom stereocenters. The van der Waals surface area contributed by atoms with Crippen LogP contribution in [0.4, 0.5) is 0 Å². The SMILES string of the molecule is O=S1(=O)CCC(CNCc2cn[nH]c2-c2ccc3c(c2)OCO3)C1. The van der Waals surface area contributed by atoms with Crippen LogP contribution in [-0.4, -0.2) is 43.5 Å². The third-order valence-electron chi connectivity index (χ3n) is 4.45. The minimum absolute atomic E-state index is 0.205. The summed E-state index contributed by atoms with van der Waals surface area (Å²) in [6, 6.07) is 5.79. The summed E-state index contributed by atoms with van der Waals surface area (Å²) >= 11 is 0. The fraction of sp³-hybridized carbons (Fsp3) is 0.438. The maximum absolute atomic E-state index is 11.5. The largest absolute Gasteiger partial charge is 0.454 e. The second kappa shape index (κ2) is 6.10. The molecule has 0 amide bonds. The van der Waals surface area contributed by atoms with Crippen LogP contribution in [0, 0.1) is 5.92 Å². The monoisotopic (exact) mass is 349 g/mol. The second-order valence-corrected chi connectivity index (χ2v) is 8.47. The summed E-state index contributed by atoms with van der Waals surface area (Å²) in [7, 11) is -2.82. The van der Waals surface area contributed by atoms with E-state index in [4.69, 9.17) is 9.47 Å². The van der Waals surface area contributed by atoms with Crippen molar-refractivity contribution in [3.63, 3.8) is 0 Å². The predicted molar refractivity (Wildman–Crippen MR) is 88.6 cm³/mol. The number of aromatic amines is 1. The lowest BCUT2D eigenvalue weighted by Gasteiger charge is -2.10. The van der Waals surface area contributed by atoms with E-state index < -0.39 is 9.84 Å². The molecular weight excluding hydrogens is 330 g/mol. The number of hydrogen-bond donors (Lipinski definition) is 2. The van der Waals surface area contributed by atoms with Crippen LogP contribution < -0.4 is 14.8 Å². The molecule has 2 N–H and O–H groups in total. The molecule has 1 aromatic heterocycles. The van der Waals surface area contributed by atoms with Crippen LogP contribution in [0.1, 0.15) is 12.0 Å². The number of fused-ring (bicyclic) bond motifs is 1. The normalized spacial score (nSPS) is 21.2. The molecule has 24 heavy (non-hydrogen) atoms. The second-order valence-electron chi connectivity index (χ2n) is 6.24. The zero-order chi connectivity index (χ0) is 16.6. The van der Waals surface area contributed by atoms with Gasteiger partial charge in [0.2, 0.25) is 6.79 Å². The van der Waals surface area contributed by atoms with E-state index in [1.807, 2.05) is 18.2 Å². The Hall–Kier alpha value is -2.06. The predicted octanol–water partition coefficient (Wildman–Crippen LogP) is 1.33.